The maximum absolute atomic E-state index is 13.0. The van der Waals surface area contributed by atoms with Gasteiger partial charge in [-0.15, -0.1) is 0 Å². The first-order valence-corrected chi connectivity index (χ1v) is 13.1. The largest absolute Gasteiger partial charge is 0.497 e. The Bertz CT molecular complexity index is 1340. The minimum atomic E-state index is -0.193. The lowest BCUT2D eigenvalue weighted by Gasteiger charge is -2.27. The molecule has 0 radical (unpaired) electrons. The van der Waals surface area contributed by atoms with Crippen LogP contribution in [0.1, 0.15) is 63.9 Å². The molecule has 1 saturated heterocycles. The Morgan fingerprint density at radius 2 is 1.92 bits per heavy atom. The van der Waals surface area contributed by atoms with Crippen molar-refractivity contribution in [3.63, 3.8) is 0 Å². The summed E-state index contributed by atoms with van der Waals surface area (Å²) in [7, 11) is 1.65. The molecule has 3 atom stereocenters. The van der Waals surface area contributed by atoms with Gasteiger partial charge in [-0.05, 0) is 71.4 Å². The summed E-state index contributed by atoms with van der Waals surface area (Å²) in [5, 5.41) is 15.9. The van der Waals surface area contributed by atoms with Crippen LogP contribution in [0.25, 0.3) is 11.1 Å². The lowest BCUT2D eigenvalue weighted by Crippen LogP contribution is -2.31. The van der Waals surface area contributed by atoms with Gasteiger partial charge in [-0.2, -0.15) is 5.10 Å². The number of likely N-dealkylation sites (tertiary alicyclic amines) is 1. The number of carbonyl (C=O) groups excluding carboxylic acids is 1. The van der Waals surface area contributed by atoms with E-state index in [9.17, 15) is 4.79 Å². The van der Waals surface area contributed by atoms with Gasteiger partial charge in [0.15, 0.2) is 0 Å². The number of aromatic nitrogens is 2. The number of hydrogen-bond acceptors (Lipinski definition) is 6. The first kappa shape index (κ1) is 27.2. The van der Waals surface area contributed by atoms with Gasteiger partial charge < -0.3 is 25.1 Å². The molecule has 1 amide bonds. The van der Waals surface area contributed by atoms with Crippen LogP contribution in [-0.2, 0) is 4.79 Å². The smallest absolute Gasteiger partial charge is 0.223 e. The van der Waals surface area contributed by atoms with E-state index in [2.05, 4.69) is 38.1 Å². The van der Waals surface area contributed by atoms with Gasteiger partial charge in [-0.1, -0.05) is 12.1 Å². The van der Waals surface area contributed by atoms with Gasteiger partial charge in [0.25, 0.3) is 0 Å². The van der Waals surface area contributed by atoms with Gasteiger partial charge in [0.05, 0.1) is 18.8 Å². The number of nitrogens with one attached hydrogen (secondary N) is 2. The summed E-state index contributed by atoms with van der Waals surface area (Å²) >= 11 is 0. The zero-order valence-corrected chi connectivity index (χ0v) is 23.4. The van der Waals surface area contributed by atoms with Gasteiger partial charge in [0, 0.05) is 54.2 Å². The van der Waals surface area contributed by atoms with E-state index in [-0.39, 0.29) is 29.5 Å². The van der Waals surface area contributed by atoms with Gasteiger partial charge in [0.1, 0.15) is 23.1 Å². The van der Waals surface area contributed by atoms with E-state index in [1.54, 1.807) is 11.6 Å². The number of amides is 1. The molecule has 1 aliphatic rings. The summed E-state index contributed by atoms with van der Waals surface area (Å²) in [6, 6.07) is 11.8. The summed E-state index contributed by atoms with van der Waals surface area (Å²) in [4.78, 5) is 15.0. The number of rotatable bonds is 9. The molecule has 0 bridgehead atoms. The van der Waals surface area contributed by atoms with E-state index >= 15 is 0 Å². The lowest BCUT2D eigenvalue weighted by atomic mass is 10.0. The van der Waals surface area contributed by atoms with Crippen molar-refractivity contribution in [1.82, 2.24) is 19.8 Å². The van der Waals surface area contributed by atoms with Gasteiger partial charge in [0.2, 0.25) is 5.91 Å². The van der Waals surface area contributed by atoms with Crippen LogP contribution in [0.4, 0.5) is 0 Å². The Morgan fingerprint density at radius 1 is 1.21 bits per heavy atom. The molecular weight excluding hydrogens is 478 g/mol. The number of carbonyl (C=O) groups is 1. The Hall–Kier alpha value is -3.81. The highest BCUT2D eigenvalue weighted by Crippen LogP contribution is 2.34. The zero-order valence-electron chi connectivity index (χ0n) is 23.4. The Morgan fingerprint density at radius 3 is 2.55 bits per heavy atom. The molecular formula is C30H39N5O3. The Labute approximate surface area is 225 Å². The molecule has 4 rings (SSSR count). The molecule has 0 saturated carbocycles. The number of benzene rings is 1. The lowest BCUT2D eigenvalue weighted by molar-refractivity contribution is -0.129. The van der Waals surface area contributed by atoms with E-state index < -0.39 is 0 Å². The SMILES string of the molecule is COc1ccc([C@@H](C)N2C[C@H]([C@@H](C)Oc3cc(/C(C=N)=C/NC(C)(C)C)cn4nc(C)cc34)CC2=O)cc1. The first-order valence-electron chi connectivity index (χ1n) is 13.1. The van der Waals surface area contributed by atoms with E-state index in [1.807, 2.05) is 67.5 Å². The third-order valence-electron chi connectivity index (χ3n) is 7.04. The van der Waals surface area contributed by atoms with Gasteiger partial charge in [-0.25, -0.2) is 4.52 Å². The predicted octanol–water partition coefficient (Wildman–Crippen LogP) is 5.41. The molecule has 202 valence electrons. The quantitative estimate of drug-likeness (QED) is 0.371. The molecule has 1 aromatic carbocycles. The van der Waals surface area contributed by atoms with Crippen molar-refractivity contribution in [2.45, 2.75) is 65.6 Å². The number of pyridine rings is 1. The van der Waals surface area contributed by atoms with E-state index in [0.29, 0.717) is 18.7 Å². The molecule has 38 heavy (non-hydrogen) atoms. The van der Waals surface area contributed by atoms with E-state index in [0.717, 1.165) is 33.7 Å². The van der Waals surface area contributed by atoms with Crippen molar-refractivity contribution in [2.24, 2.45) is 5.92 Å². The predicted molar refractivity (Wildman–Crippen MR) is 151 cm³/mol. The number of ether oxygens (including phenoxy) is 2. The summed E-state index contributed by atoms with van der Waals surface area (Å²) < 4.78 is 13.6. The van der Waals surface area contributed by atoms with E-state index in [4.69, 9.17) is 14.9 Å². The minimum absolute atomic E-state index is 0.0336. The van der Waals surface area contributed by atoms with Crippen molar-refractivity contribution in [3.8, 4) is 11.5 Å². The normalized spacial score (nSPS) is 18.0. The van der Waals surface area contributed by atoms with Crippen molar-refractivity contribution in [1.29, 1.82) is 5.41 Å². The third kappa shape index (κ3) is 6.01. The Kier molecular flexibility index (Phi) is 7.81. The molecule has 3 heterocycles. The zero-order chi connectivity index (χ0) is 27.6. The van der Waals surface area contributed by atoms with Crippen molar-refractivity contribution in [3.05, 3.63) is 65.6 Å². The number of aryl methyl sites for hydroxylation is 1. The van der Waals surface area contributed by atoms with Crippen LogP contribution in [-0.4, -0.2) is 51.9 Å². The molecule has 0 aliphatic carbocycles. The molecule has 1 aliphatic heterocycles. The highest BCUT2D eigenvalue weighted by molar-refractivity contribution is 6.08. The average molecular weight is 518 g/mol. The monoisotopic (exact) mass is 517 g/mol. The van der Waals surface area contributed by atoms with Crippen LogP contribution in [0.3, 0.4) is 0 Å². The number of nitrogens with zero attached hydrogens (tertiary/aromatic N) is 3. The second-order valence-corrected chi connectivity index (χ2v) is 11.1. The molecule has 3 aromatic rings. The van der Waals surface area contributed by atoms with Crippen molar-refractivity contribution >= 4 is 23.2 Å². The van der Waals surface area contributed by atoms with Gasteiger partial charge in [-0.3, -0.25) is 4.79 Å². The van der Waals surface area contributed by atoms with Crippen LogP contribution in [0.15, 0.2) is 48.8 Å². The fraction of sp³-hybridized carbons (Fsp3) is 0.433. The maximum atomic E-state index is 13.0. The first-order chi connectivity index (χ1) is 18.0. The molecule has 2 N–H and O–H groups in total. The molecule has 8 heteroatoms. The fourth-order valence-corrected chi connectivity index (χ4v) is 4.75. The molecule has 0 spiro atoms. The van der Waals surface area contributed by atoms with E-state index in [1.165, 1.54) is 6.21 Å². The van der Waals surface area contributed by atoms with Crippen molar-refractivity contribution in [2.75, 3.05) is 13.7 Å². The van der Waals surface area contributed by atoms with Crippen LogP contribution < -0.4 is 14.8 Å². The topological polar surface area (TPSA) is 92.0 Å². The summed E-state index contributed by atoms with van der Waals surface area (Å²) in [6.45, 7) is 12.9. The van der Waals surface area contributed by atoms with Crippen molar-refractivity contribution < 1.29 is 14.3 Å². The molecule has 8 nitrogen and oxygen atoms in total. The molecule has 1 fully saturated rings. The maximum Gasteiger partial charge on any atom is 0.223 e. The van der Waals surface area contributed by atoms with Crippen LogP contribution in [0.5, 0.6) is 11.5 Å². The number of fused-ring (bicyclic) bond motifs is 1. The highest BCUT2D eigenvalue weighted by Gasteiger charge is 2.37. The Balaban J connectivity index is 1.56. The van der Waals surface area contributed by atoms with Gasteiger partial charge >= 0.3 is 0 Å². The highest BCUT2D eigenvalue weighted by atomic mass is 16.5. The number of hydrogen-bond donors (Lipinski definition) is 2. The summed E-state index contributed by atoms with van der Waals surface area (Å²) in [5.41, 5.74) is 4.24. The average Bonchev–Trinajstić information content (AvgIpc) is 3.45. The molecule has 0 unspecified atom stereocenters. The number of allylic oxidation sites excluding steroid dienone is 1. The van der Waals surface area contributed by atoms with Crippen LogP contribution in [0.2, 0.25) is 0 Å². The third-order valence-corrected chi connectivity index (χ3v) is 7.04. The standard InChI is InChI=1S/C30H39N5O3/c1-19-12-27-28(13-24(18-35(27)33-19)25(15-31)16-32-30(4,5)6)38-21(3)23-14-29(36)34(17-23)20(2)22-8-10-26(37-7)11-9-22/h8-13,15-16,18,20-21,23,31-32H,14,17H2,1-7H3/b25-16+,31-15?/t20-,21-,23-/m1/s1. The number of methoxy groups -OCH3 is 1. The summed E-state index contributed by atoms with van der Waals surface area (Å²) in [5.74, 6) is 1.67. The van der Waals surface area contributed by atoms with Crippen LogP contribution in [0, 0.1) is 18.3 Å². The fourth-order valence-electron chi connectivity index (χ4n) is 4.75. The second-order valence-electron chi connectivity index (χ2n) is 11.1. The van der Waals surface area contributed by atoms with Crippen LogP contribution >= 0.6 is 0 Å². The second kappa shape index (κ2) is 10.9. The molecule has 2 aromatic heterocycles. The minimum Gasteiger partial charge on any atom is -0.497 e. The summed E-state index contributed by atoms with van der Waals surface area (Å²) in [6.07, 6.45) is 5.35.